The summed E-state index contributed by atoms with van der Waals surface area (Å²) < 4.78 is 5.97. The molecule has 0 aliphatic carbocycles. The Morgan fingerprint density at radius 2 is 2.22 bits per heavy atom. The van der Waals surface area contributed by atoms with Crippen LogP contribution in [0.3, 0.4) is 0 Å². The Morgan fingerprint density at radius 1 is 1.44 bits per heavy atom. The van der Waals surface area contributed by atoms with Crippen LogP contribution >= 0.6 is 11.6 Å². The van der Waals surface area contributed by atoms with E-state index in [9.17, 15) is 0 Å². The first-order valence-corrected chi connectivity index (χ1v) is 7.09. The average Bonchev–Trinajstić information content (AvgIpc) is 2.80. The van der Waals surface area contributed by atoms with E-state index >= 15 is 0 Å². The molecule has 1 unspecified atom stereocenters. The molecule has 1 aliphatic heterocycles. The Morgan fingerprint density at radius 3 is 2.83 bits per heavy atom. The SMILES string of the molecule is Cc1cc(Cl)c(C(C)C)cc1OCC1CCNC1. The standard InChI is InChI=1S/C15H22ClNO/c1-10(2)13-7-15(11(3)6-14(13)16)18-9-12-4-5-17-8-12/h6-7,10,12,17H,4-5,8-9H2,1-3H3. The summed E-state index contributed by atoms with van der Waals surface area (Å²) in [7, 11) is 0. The maximum atomic E-state index is 6.26. The normalized spacial score (nSPS) is 19.5. The van der Waals surface area contributed by atoms with Gasteiger partial charge in [0.25, 0.3) is 0 Å². The number of hydrogen-bond donors (Lipinski definition) is 1. The van der Waals surface area contributed by atoms with Gasteiger partial charge in [-0.05, 0) is 49.1 Å². The van der Waals surface area contributed by atoms with Crippen molar-refractivity contribution in [3.05, 3.63) is 28.3 Å². The van der Waals surface area contributed by atoms with E-state index < -0.39 is 0 Å². The van der Waals surface area contributed by atoms with Crippen molar-refractivity contribution < 1.29 is 4.74 Å². The summed E-state index contributed by atoms with van der Waals surface area (Å²) in [6, 6.07) is 4.11. The minimum Gasteiger partial charge on any atom is -0.493 e. The van der Waals surface area contributed by atoms with Gasteiger partial charge in [0, 0.05) is 17.5 Å². The minimum absolute atomic E-state index is 0.425. The molecule has 1 saturated heterocycles. The van der Waals surface area contributed by atoms with Crippen molar-refractivity contribution in [1.29, 1.82) is 0 Å². The lowest BCUT2D eigenvalue weighted by Gasteiger charge is -2.16. The topological polar surface area (TPSA) is 21.3 Å². The smallest absolute Gasteiger partial charge is 0.122 e. The van der Waals surface area contributed by atoms with E-state index in [1.165, 1.54) is 12.0 Å². The van der Waals surface area contributed by atoms with E-state index in [-0.39, 0.29) is 0 Å². The second-order valence-corrected chi connectivity index (χ2v) is 5.87. The Kier molecular flexibility index (Phi) is 4.52. The van der Waals surface area contributed by atoms with Crippen LogP contribution < -0.4 is 10.1 Å². The highest BCUT2D eigenvalue weighted by molar-refractivity contribution is 6.31. The summed E-state index contributed by atoms with van der Waals surface area (Å²) in [5.41, 5.74) is 2.29. The molecule has 0 saturated carbocycles. The number of benzene rings is 1. The number of nitrogens with one attached hydrogen (secondary N) is 1. The summed E-state index contributed by atoms with van der Waals surface area (Å²) in [5.74, 6) is 2.05. The third-order valence-corrected chi connectivity index (χ3v) is 3.88. The summed E-state index contributed by atoms with van der Waals surface area (Å²) in [5, 5.41) is 4.21. The molecule has 3 heteroatoms. The Labute approximate surface area is 115 Å². The van der Waals surface area contributed by atoms with Gasteiger partial charge < -0.3 is 10.1 Å². The third-order valence-electron chi connectivity index (χ3n) is 3.55. The van der Waals surface area contributed by atoms with E-state index in [0.29, 0.717) is 11.8 Å². The second-order valence-electron chi connectivity index (χ2n) is 5.46. The van der Waals surface area contributed by atoms with E-state index in [4.69, 9.17) is 16.3 Å². The van der Waals surface area contributed by atoms with Gasteiger partial charge in [-0.1, -0.05) is 25.4 Å². The summed E-state index contributed by atoms with van der Waals surface area (Å²) >= 11 is 6.26. The molecular formula is C15H22ClNO. The minimum atomic E-state index is 0.425. The van der Waals surface area contributed by atoms with Crippen molar-refractivity contribution >= 4 is 11.6 Å². The maximum absolute atomic E-state index is 6.26. The van der Waals surface area contributed by atoms with Crippen molar-refractivity contribution in [3.8, 4) is 5.75 Å². The third kappa shape index (κ3) is 3.18. The maximum Gasteiger partial charge on any atom is 0.122 e. The molecule has 1 aromatic carbocycles. The molecule has 0 bridgehead atoms. The van der Waals surface area contributed by atoms with Gasteiger partial charge in [-0.3, -0.25) is 0 Å². The van der Waals surface area contributed by atoms with Crippen LogP contribution in [0.1, 0.15) is 37.3 Å². The fourth-order valence-electron chi connectivity index (χ4n) is 2.33. The molecule has 18 heavy (non-hydrogen) atoms. The van der Waals surface area contributed by atoms with Gasteiger partial charge in [0.1, 0.15) is 5.75 Å². The first-order valence-electron chi connectivity index (χ1n) is 6.71. The van der Waals surface area contributed by atoms with Crippen molar-refractivity contribution in [2.75, 3.05) is 19.7 Å². The number of ether oxygens (including phenoxy) is 1. The molecule has 1 atom stereocenters. The molecule has 0 spiro atoms. The number of rotatable bonds is 4. The highest BCUT2D eigenvalue weighted by Gasteiger charge is 2.16. The predicted molar refractivity (Wildman–Crippen MR) is 76.7 cm³/mol. The van der Waals surface area contributed by atoms with E-state index in [2.05, 4.69) is 32.2 Å². The molecule has 0 aromatic heterocycles. The van der Waals surface area contributed by atoms with Crippen LogP contribution in [0, 0.1) is 12.8 Å². The Hall–Kier alpha value is -0.730. The highest BCUT2D eigenvalue weighted by atomic mass is 35.5. The largest absolute Gasteiger partial charge is 0.493 e. The van der Waals surface area contributed by atoms with Crippen molar-refractivity contribution in [2.24, 2.45) is 5.92 Å². The van der Waals surface area contributed by atoms with Crippen LogP contribution in [-0.2, 0) is 0 Å². The zero-order chi connectivity index (χ0) is 13.1. The summed E-state index contributed by atoms with van der Waals surface area (Å²) in [4.78, 5) is 0. The Balaban J connectivity index is 2.08. The van der Waals surface area contributed by atoms with Crippen LogP contribution in [0.5, 0.6) is 5.75 Å². The highest BCUT2D eigenvalue weighted by Crippen LogP contribution is 2.31. The molecular weight excluding hydrogens is 246 g/mol. The first kappa shape index (κ1) is 13.7. The fourth-order valence-corrected chi connectivity index (χ4v) is 2.77. The number of hydrogen-bond acceptors (Lipinski definition) is 2. The fraction of sp³-hybridized carbons (Fsp3) is 0.600. The molecule has 0 radical (unpaired) electrons. The molecule has 2 rings (SSSR count). The lowest BCUT2D eigenvalue weighted by molar-refractivity contribution is 0.258. The van der Waals surface area contributed by atoms with Gasteiger partial charge in [-0.2, -0.15) is 0 Å². The van der Waals surface area contributed by atoms with Gasteiger partial charge in [0.2, 0.25) is 0 Å². The monoisotopic (exact) mass is 267 g/mol. The lowest BCUT2D eigenvalue weighted by Crippen LogP contribution is -2.16. The second kappa shape index (κ2) is 5.94. The van der Waals surface area contributed by atoms with Crippen LogP contribution in [0.25, 0.3) is 0 Å². The summed E-state index contributed by atoms with van der Waals surface area (Å²) in [6.45, 7) is 9.35. The van der Waals surface area contributed by atoms with Gasteiger partial charge in [0.15, 0.2) is 0 Å². The molecule has 1 heterocycles. The van der Waals surface area contributed by atoms with Gasteiger partial charge in [-0.25, -0.2) is 0 Å². The molecule has 2 nitrogen and oxygen atoms in total. The van der Waals surface area contributed by atoms with Gasteiger partial charge >= 0.3 is 0 Å². The molecule has 1 N–H and O–H groups in total. The molecule has 1 fully saturated rings. The van der Waals surface area contributed by atoms with Crippen molar-refractivity contribution in [3.63, 3.8) is 0 Å². The van der Waals surface area contributed by atoms with Crippen molar-refractivity contribution in [2.45, 2.75) is 33.1 Å². The Bertz CT molecular complexity index is 411. The van der Waals surface area contributed by atoms with Crippen LogP contribution in [-0.4, -0.2) is 19.7 Å². The first-order chi connectivity index (χ1) is 8.58. The predicted octanol–water partition coefficient (Wildman–Crippen LogP) is 3.76. The average molecular weight is 268 g/mol. The number of aryl methyl sites for hydroxylation is 1. The van der Waals surface area contributed by atoms with Gasteiger partial charge in [-0.15, -0.1) is 0 Å². The van der Waals surface area contributed by atoms with E-state index in [1.807, 2.05) is 6.07 Å². The molecule has 0 amide bonds. The zero-order valence-electron chi connectivity index (χ0n) is 11.4. The van der Waals surface area contributed by atoms with Gasteiger partial charge in [0.05, 0.1) is 6.61 Å². The van der Waals surface area contributed by atoms with Crippen LogP contribution in [0.15, 0.2) is 12.1 Å². The van der Waals surface area contributed by atoms with Crippen molar-refractivity contribution in [1.82, 2.24) is 5.32 Å². The molecule has 1 aliphatic rings. The lowest BCUT2D eigenvalue weighted by atomic mass is 10.0. The summed E-state index contributed by atoms with van der Waals surface area (Å²) in [6.07, 6.45) is 1.21. The molecule has 100 valence electrons. The van der Waals surface area contributed by atoms with Crippen LogP contribution in [0.2, 0.25) is 5.02 Å². The molecule has 1 aromatic rings. The zero-order valence-corrected chi connectivity index (χ0v) is 12.2. The quantitative estimate of drug-likeness (QED) is 0.897. The van der Waals surface area contributed by atoms with Crippen LogP contribution in [0.4, 0.5) is 0 Å². The number of halogens is 1. The van der Waals surface area contributed by atoms with E-state index in [0.717, 1.165) is 36.0 Å². The van der Waals surface area contributed by atoms with E-state index in [1.54, 1.807) is 0 Å².